The number of hydrogen-bond acceptors (Lipinski definition) is 10. The van der Waals surface area contributed by atoms with Gasteiger partial charge in [-0.15, -0.1) is 0 Å². The quantitative estimate of drug-likeness (QED) is 0.0948. The van der Waals surface area contributed by atoms with Crippen molar-refractivity contribution in [2.45, 2.75) is 115 Å². The minimum atomic E-state index is -1.88. The Morgan fingerprint density at radius 1 is 0.661 bits per heavy atom. The van der Waals surface area contributed by atoms with Gasteiger partial charge in [0.1, 0.15) is 42.2 Å². The van der Waals surface area contributed by atoms with Crippen LogP contribution in [0, 0.1) is 0 Å². The van der Waals surface area contributed by atoms with Gasteiger partial charge in [-0.25, -0.2) is 9.59 Å². The van der Waals surface area contributed by atoms with Crippen molar-refractivity contribution in [2.24, 2.45) is 0 Å². The fourth-order valence-electron chi connectivity index (χ4n) is 6.83. The van der Waals surface area contributed by atoms with Crippen LogP contribution >= 0.6 is 0 Å². The van der Waals surface area contributed by atoms with E-state index in [1.54, 1.807) is 39.8 Å². The molecule has 12 nitrogen and oxygen atoms in total. The van der Waals surface area contributed by atoms with Crippen molar-refractivity contribution in [3.63, 3.8) is 0 Å². The highest BCUT2D eigenvalue weighted by Crippen LogP contribution is 2.32. The molecule has 1 aliphatic rings. The van der Waals surface area contributed by atoms with Crippen LogP contribution in [0.5, 0.6) is 0 Å². The van der Waals surface area contributed by atoms with Gasteiger partial charge in [-0.05, 0) is 49.4 Å². The number of carbonyl (C=O) groups is 4. The van der Waals surface area contributed by atoms with E-state index in [2.05, 4.69) is 10.6 Å². The number of carbonyl (C=O) groups excluding carboxylic acids is 4. The first-order chi connectivity index (χ1) is 28.4. The van der Waals surface area contributed by atoms with Gasteiger partial charge >= 0.3 is 12.1 Å². The van der Waals surface area contributed by atoms with E-state index in [1.165, 1.54) is 6.92 Å². The van der Waals surface area contributed by atoms with E-state index in [4.69, 9.17) is 28.4 Å². The molecular formula is C47H56N2O10. The van der Waals surface area contributed by atoms with Gasteiger partial charge in [-0.2, -0.15) is 0 Å². The summed E-state index contributed by atoms with van der Waals surface area (Å²) in [7, 11) is 0. The van der Waals surface area contributed by atoms with Crippen LogP contribution in [0.4, 0.5) is 4.79 Å². The van der Waals surface area contributed by atoms with Gasteiger partial charge in [0.15, 0.2) is 5.78 Å². The maximum Gasteiger partial charge on any atom is 0.408 e. The highest BCUT2D eigenvalue weighted by atomic mass is 16.6. The van der Waals surface area contributed by atoms with Crippen molar-refractivity contribution in [1.82, 2.24) is 10.6 Å². The van der Waals surface area contributed by atoms with Crippen molar-refractivity contribution < 1.29 is 47.6 Å². The van der Waals surface area contributed by atoms with Gasteiger partial charge in [0.25, 0.3) is 0 Å². The first-order valence-corrected chi connectivity index (χ1v) is 20.0. The van der Waals surface area contributed by atoms with E-state index in [0.29, 0.717) is 5.56 Å². The van der Waals surface area contributed by atoms with Crippen LogP contribution in [0.2, 0.25) is 0 Å². The second-order valence-corrected chi connectivity index (χ2v) is 15.6. The number of nitrogens with one attached hydrogen (secondary N) is 2. The van der Waals surface area contributed by atoms with Crippen LogP contribution < -0.4 is 10.6 Å². The molecule has 0 aliphatic carbocycles. The summed E-state index contributed by atoms with van der Waals surface area (Å²) >= 11 is 0. The summed E-state index contributed by atoms with van der Waals surface area (Å²) in [5.74, 6) is -1.87. The number of amides is 2. The van der Waals surface area contributed by atoms with Gasteiger partial charge in [-0.1, -0.05) is 128 Å². The third-order valence-corrected chi connectivity index (χ3v) is 9.77. The number of ether oxygens (including phenoxy) is 6. The number of alkyl carbamates (subject to hydrolysis) is 1. The molecule has 2 amide bonds. The van der Waals surface area contributed by atoms with Gasteiger partial charge in [0.2, 0.25) is 5.91 Å². The maximum atomic E-state index is 14.9. The van der Waals surface area contributed by atoms with Gasteiger partial charge in [-0.3, -0.25) is 9.59 Å². The fraction of sp³-hybridized carbons (Fsp3) is 0.404. The second kappa shape index (κ2) is 21.6. The number of rotatable bonds is 19. The molecule has 0 unspecified atom stereocenters. The van der Waals surface area contributed by atoms with Gasteiger partial charge in [0, 0.05) is 13.3 Å². The maximum absolute atomic E-state index is 14.9. The zero-order chi connectivity index (χ0) is 42.3. The molecule has 1 aliphatic heterocycles. The van der Waals surface area contributed by atoms with Crippen LogP contribution in [0.1, 0.15) is 69.7 Å². The molecule has 4 aromatic rings. The Balaban J connectivity index is 1.51. The molecule has 1 saturated heterocycles. The van der Waals surface area contributed by atoms with Crippen LogP contribution in [-0.4, -0.2) is 72.0 Å². The minimum absolute atomic E-state index is 0.00961. The van der Waals surface area contributed by atoms with Crippen molar-refractivity contribution in [2.75, 3.05) is 6.61 Å². The van der Waals surface area contributed by atoms with Crippen molar-refractivity contribution in [3.05, 3.63) is 144 Å². The summed E-state index contributed by atoms with van der Waals surface area (Å²) in [6, 6.07) is 36.7. The largest absolute Gasteiger partial charge is 0.459 e. The molecule has 1 heterocycles. The van der Waals surface area contributed by atoms with E-state index in [1.807, 2.05) is 109 Å². The van der Waals surface area contributed by atoms with E-state index >= 15 is 0 Å². The van der Waals surface area contributed by atoms with Crippen molar-refractivity contribution >= 4 is 23.8 Å². The highest BCUT2D eigenvalue weighted by Gasteiger charge is 2.53. The zero-order valence-electron chi connectivity index (χ0n) is 34.5. The molecule has 4 aromatic carbocycles. The summed E-state index contributed by atoms with van der Waals surface area (Å²) < 4.78 is 37.5. The zero-order valence-corrected chi connectivity index (χ0v) is 34.5. The summed E-state index contributed by atoms with van der Waals surface area (Å²) in [6.07, 6.45) is -5.56. The standard InChI is InChI=1S/C47H56N2O10/c1-6-47(49-45(53)59-46(3,4)5,44(52)57-31-37-25-17-10-18-26-37)27-38(51)41-40(48-33(2)50)43(56-30-36-23-15-9-16-24-36)42(55-29-35-21-13-8-14-22-35)39(58-41)32-54-28-34-19-11-7-12-20-34/h7-26,39-43H,6,27-32H2,1-5H3,(H,48,50)(H,49,53)/t39-,40+,41+,42-,43-,47-/m1/s1. The summed E-state index contributed by atoms with van der Waals surface area (Å²) in [4.78, 5) is 55.5. The van der Waals surface area contributed by atoms with E-state index in [0.717, 1.165) is 16.7 Å². The average Bonchev–Trinajstić information content (AvgIpc) is 3.22. The van der Waals surface area contributed by atoms with Crippen LogP contribution in [0.15, 0.2) is 121 Å². The Bertz CT molecular complexity index is 1920. The normalized spacial score (nSPS) is 20.1. The summed E-state index contributed by atoms with van der Waals surface area (Å²) in [5, 5.41) is 5.61. The molecule has 59 heavy (non-hydrogen) atoms. The predicted octanol–water partition coefficient (Wildman–Crippen LogP) is 7.02. The Labute approximate surface area is 346 Å². The Kier molecular flexibility index (Phi) is 16.3. The molecule has 0 aromatic heterocycles. The Morgan fingerprint density at radius 3 is 1.61 bits per heavy atom. The van der Waals surface area contributed by atoms with E-state index in [9.17, 15) is 19.2 Å². The molecule has 6 atom stereocenters. The number of hydrogen-bond donors (Lipinski definition) is 2. The Hall–Kier alpha value is -5.40. The third-order valence-electron chi connectivity index (χ3n) is 9.77. The highest BCUT2D eigenvalue weighted by molar-refractivity contribution is 5.95. The molecular weight excluding hydrogens is 753 g/mol. The van der Waals surface area contributed by atoms with Crippen molar-refractivity contribution in [1.29, 1.82) is 0 Å². The molecule has 314 valence electrons. The number of Topliss-reactive ketones (excluding diaryl/α,β-unsaturated/α-hetero) is 1. The molecule has 12 heteroatoms. The lowest BCUT2D eigenvalue weighted by molar-refractivity contribution is -0.230. The molecule has 0 spiro atoms. The van der Waals surface area contributed by atoms with Crippen molar-refractivity contribution in [3.8, 4) is 0 Å². The lowest BCUT2D eigenvalue weighted by Crippen LogP contribution is -2.68. The number of ketones is 1. The average molecular weight is 809 g/mol. The molecule has 0 saturated carbocycles. The number of esters is 1. The van der Waals surface area contributed by atoms with E-state index in [-0.39, 0.29) is 39.5 Å². The van der Waals surface area contributed by atoms with Crippen LogP contribution in [-0.2, 0) is 69.2 Å². The Morgan fingerprint density at radius 2 is 1.14 bits per heavy atom. The molecule has 2 N–H and O–H groups in total. The molecule has 0 bridgehead atoms. The minimum Gasteiger partial charge on any atom is -0.459 e. The summed E-state index contributed by atoms with van der Waals surface area (Å²) in [6.45, 7) is 8.52. The smallest absolute Gasteiger partial charge is 0.408 e. The summed E-state index contributed by atoms with van der Waals surface area (Å²) in [5.41, 5.74) is 0.612. The van der Waals surface area contributed by atoms with Crippen LogP contribution in [0.3, 0.4) is 0 Å². The first kappa shape index (κ1) is 44.7. The first-order valence-electron chi connectivity index (χ1n) is 20.0. The molecule has 5 rings (SSSR count). The van der Waals surface area contributed by atoms with E-state index < -0.39 is 71.8 Å². The second-order valence-electron chi connectivity index (χ2n) is 15.6. The van der Waals surface area contributed by atoms with Gasteiger partial charge in [0.05, 0.1) is 32.5 Å². The SMILES string of the molecule is CC[C@](CC(=O)[C@@H]1O[C@H](COCc2ccccc2)[C@@H](OCc2ccccc2)[C@H](OCc2ccccc2)[C@H]1NC(C)=O)(NC(=O)OC(C)(C)C)C(=O)OCc1ccccc1. The monoisotopic (exact) mass is 808 g/mol. The molecule has 0 radical (unpaired) electrons. The van der Waals surface area contributed by atoms with Crippen LogP contribution in [0.25, 0.3) is 0 Å². The predicted molar refractivity (Wildman–Crippen MR) is 221 cm³/mol. The third kappa shape index (κ3) is 13.6. The van der Waals surface area contributed by atoms with Gasteiger partial charge < -0.3 is 39.1 Å². The molecule has 1 fully saturated rings. The lowest BCUT2D eigenvalue weighted by Gasteiger charge is -2.46. The lowest BCUT2D eigenvalue weighted by atomic mass is 9.83. The number of benzene rings is 4. The topological polar surface area (TPSA) is 148 Å². The fourth-order valence-corrected chi connectivity index (χ4v) is 6.83.